The Labute approximate surface area is 150 Å². The van der Waals surface area contributed by atoms with E-state index in [0.717, 1.165) is 4.57 Å². The van der Waals surface area contributed by atoms with Crippen LogP contribution in [0.4, 0.5) is 0 Å². The highest BCUT2D eigenvalue weighted by Gasteiger charge is 2.43. The fraction of sp³-hybridized carbons (Fsp3) is 0.556. The van der Waals surface area contributed by atoms with Crippen molar-refractivity contribution < 1.29 is 51.2 Å². The smallest absolute Gasteiger partial charge is 0.328 e. The second-order valence-electron chi connectivity index (χ2n) is 5.27. The summed E-state index contributed by atoms with van der Waals surface area (Å²) in [6, 6.07) is 0. The first-order chi connectivity index (χ1) is 12.2. The van der Waals surface area contributed by atoms with Gasteiger partial charge in [0.15, 0.2) is 6.29 Å². The summed E-state index contributed by atoms with van der Waals surface area (Å²) in [6.07, 6.45) is -1.20. The average molecular weight is 452 g/mol. The number of aryl methyl sites for hydroxylation is 1. The van der Waals surface area contributed by atoms with Crippen LogP contribution in [0.25, 0.3) is 0 Å². The average Bonchev–Trinajstić information content (AvgIpc) is 2.85. The maximum Gasteiger partial charge on any atom is 0.490 e. The fourth-order valence-corrected chi connectivity index (χ4v) is 5.23. The van der Waals surface area contributed by atoms with Crippen LogP contribution in [-0.4, -0.2) is 35.4 Å². The molecule has 0 amide bonds. The van der Waals surface area contributed by atoms with Crippen molar-refractivity contribution in [2.75, 3.05) is 0 Å². The van der Waals surface area contributed by atoms with Gasteiger partial charge in [-0.1, -0.05) is 0 Å². The van der Waals surface area contributed by atoms with Crippen LogP contribution in [0.1, 0.15) is 24.6 Å². The van der Waals surface area contributed by atoms with E-state index in [2.05, 4.69) is 13.1 Å². The lowest BCUT2D eigenvalue weighted by Crippen LogP contribution is -2.33. The number of ether oxygens (including phenoxy) is 1. The van der Waals surface area contributed by atoms with E-state index in [1.54, 1.807) is 0 Å². The maximum absolute atomic E-state index is 11.8. The standard InChI is InChI=1S/C9H15N2O13P3/c1-5-4-11(9(13)10-8(5)12)6-2-3-7(21-6)22-26(17,18)24-27(19,20)23-25(14,15)16/h4,6-7H,2-3H2,1H3,(H,17,18)(H,19,20)(H,10,12,13)(H2,14,15,16)/t6-,7-/m1/s1. The second kappa shape index (κ2) is 7.82. The zero-order valence-electron chi connectivity index (χ0n) is 13.4. The molecule has 0 aliphatic carbocycles. The third-order valence-electron chi connectivity index (χ3n) is 3.08. The minimum Gasteiger partial charge on any atom is -0.328 e. The summed E-state index contributed by atoms with van der Waals surface area (Å²) in [7, 11) is -16.5. The molecule has 0 spiro atoms. The molecule has 5 N–H and O–H groups in total. The molecule has 0 bridgehead atoms. The van der Waals surface area contributed by atoms with Gasteiger partial charge in [0.25, 0.3) is 5.56 Å². The predicted molar refractivity (Wildman–Crippen MR) is 84.2 cm³/mol. The number of phosphoric acid groups is 3. The largest absolute Gasteiger partial charge is 0.490 e. The van der Waals surface area contributed by atoms with Crippen molar-refractivity contribution in [1.29, 1.82) is 0 Å². The Morgan fingerprint density at radius 2 is 1.74 bits per heavy atom. The summed E-state index contributed by atoms with van der Waals surface area (Å²) in [5.74, 6) is 0. The van der Waals surface area contributed by atoms with Crippen LogP contribution in [0, 0.1) is 6.92 Å². The van der Waals surface area contributed by atoms with Gasteiger partial charge in [0, 0.05) is 18.2 Å². The maximum atomic E-state index is 11.8. The molecule has 0 saturated carbocycles. The Morgan fingerprint density at radius 3 is 2.33 bits per heavy atom. The van der Waals surface area contributed by atoms with Crippen molar-refractivity contribution in [3.05, 3.63) is 32.6 Å². The SMILES string of the molecule is Cc1cn([C@H]2CC[C@@H](OP(=O)(O)OP(=O)(O)OP(=O)(O)O)O2)c(=O)[nH]c1=O. The molecule has 0 aromatic carbocycles. The zero-order chi connectivity index (χ0) is 20.6. The number of nitrogens with zero attached hydrogens (tertiary/aromatic N) is 1. The number of aromatic amines is 1. The number of hydrogen-bond acceptors (Lipinski definition) is 9. The van der Waals surface area contributed by atoms with Crippen molar-refractivity contribution in [2.24, 2.45) is 0 Å². The molecule has 0 radical (unpaired) electrons. The van der Waals surface area contributed by atoms with Crippen molar-refractivity contribution in [1.82, 2.24) is 9.55 Å². The Hall–Kier alpha value is -0.950. The summed E-state index contributed by atoms with van der Waals surface area (Å²) in [4.78, 5) is 60.6. The minimum atomic E-state index is -5.64. The number of rotatable bonds is 7. The van der Waals surface area contributed by atoms with Crippen LogP contribution >= 0.6 is 23.5 Å². The summed E-state index contributed by atoms with van der Waals surface area (Å²) in [5.41, 5.74) is -1.19. The number of H-pyrrole nitrogens is 1. The van der Waals surface area contributed by atoms with Gasteiger partial charge < -0.3 is 24.3 Å². The quantitative estimate of drug-likeness (QED) is 0.339. The van der Waals surface area contributed by atoms with E-state index in [4.69, 9.17) is 19.4 Å². The van der Waals surface area contributed by atoms with Crippen molar-refractivity contribution in [2.45, 2.75) is 32.3 Å². The number of nitrogens with one attached hydrogen (secondary N) is 1. The normalized spacial score (nSPS) is 25.1. The number of hydrogen-bond donors (Lipinski definition) is 5. The molecular formula is C9H15N2O13P3. The first-order valence-electron chi connectivity index (χ1n) is 6.97. The van der Waals surface area contributed by atoms with E-state index >= 15 is 0 Å². The molecule has 1 aromatic rings. The topological polar surface area (TPSA) is 224 Å². The summed E-state index contributed by atoms with van der Waals surface area (Å²) in [5, 5.41) is 0. The van der Waals surface area contributed by atoms with E-state index in [9.17, 15) is 28.2 Å². The van der Waals surface area contributed by atoms with E-state index < -0.39 is 47.2 Å². The van der Waals surface area contributed by atoms with Crippen molar-refractivity contribution in [3.8, 4) is 0 Å². The summed E-state index contributed by atoms with van der Waals surface area (Å²) < 4.78 is 51.4. The fourth-order valence-electron chi connectivity index (χ4n) is 2.12. The molecule has 1 fully saturated rings. The molecule has 154 valence electrons. The van der Waals surface area contributed by atoms with Crippen LogP contribution < -0.4 is 11.2 Å². The van der Waals surface area contributed by atoms with Gasteiger partial charge in [-0.15, -0.1) is 0 Å². The molecule has 2 unspecified atom stereocenters. The van der Waals surface area contributed by atoms with Gasteiger partial charge >= 0.3 is 29.2 Å². The summed E-state index contributed by atoms with van der Waals surface area (Å²) >= 11 is 0. The van der Waals surface area contributed by atoms with Gasteiger partial charge in [0.1, 0.15) is 6.23 Å². The lowest BCUT2D eigenvalue weighted by molar-refractivity contribution is -0.107. The molecule has 2 heterocycles. The highest BCUT2D eigenvalue weighted by Crippen LogP contribution is 2.66. The van der Waals surface area contributed by atoms with Gasteiger partial charge in [-0.3, -0.25) is 18.9 Å². The number of aromatic nitrogens is 2. The van der Waals surface area contributed by atoms with Gasteiger partial charge in [-0.05, 0) is 13.3 Å². The number of phosphoric ester groups is 1. The molecule has 1 aromatic heterocycles. The highest BCUT2D eigenvalue weighted by atomic mass is 31.3. The Kier molecular flexibility index (Phi) is 6.47. The molecule has 1 saturated heterocycles. The van der Waals surface area contributed by atoms with E-state index in [1.807, 2.05) is 4.98 Å². The molecule has 27 heavy (non-hydrogen) atoms. The van der Waals surface area contributed by atoms with Crippen LogP contribution in [0.3, 0.4) is 0 Å². The molecule has 15 nitrogen and oxygen atoms in total. The molecule has 4 atom stereocenters. The zero-order valence-corrected chi connectivity index (χ0v) is 16.1. The van der Waals surface area contributed by atoms with E-state index in [-0.39, 0.29) is 18.4 Å². The van der Waals surface area contributed by atoms with Crippen LogP contribution in [0.5, 0.6) is 0 Å². The van der Waals surface area contributed by atoms with Crippen LogP contribution in [0.15, 0.2) is 15.8 Å². The van der Waals surface area contributed by atoms with E-state index in [0.29, 0.717) is 0 Å². The Balaban J connectivity index is 2.05. The van der Waals surface area contributed by atoms with Gasteiger partial charge in [0.2, 0.25) is 0 Å². The highest BCUT2D eigenvalue weighted by molar-refractivity contribution is 7.66. The third kappa shape index (κ3) is 6.56. The lowest BCUT2D eigenvalue weighted by Gasteiger charge is -2.20. The first kappa shape index (κ1) is 22.3. The lowest BCUT2D eigenvalue weighted by atomic mass is 10.3. The monoisotopic (exact) mass is 452 g/mol. The minimum absolute atomic E-state index is 0.0573. The molecular weight excluding hydrogens is 437 g/mol. The van der Waals surface area contributed by atoms with Crippen LogP contribution in [0.2, 0.25) is 0 Å². The molecule has 1 aliphatic heterocycles. The third-order valence-corrected chi connectivity index (χ3v) is 6.91. The summed E-state index contributed by atoms with van der Waals surface area (Å²) in [6.45, 7) is 1.44. The first-order valence-corrected chi connectivity index (χ1v) is 11.5. The molecule has 1 aliphatic rings. The Morgan fingerprint density at radius 1 is 1.11 bits per heavy atom. The van der Waals surface area contributed by atoms with Crippen LogP contribution in [-0.2, 0) is 31.6 Å². The molecule has 18 heteroatoms. The molecule has 2 rings (SSSR count). The van der Waals surface area contributed by atoms with Crippen molar-refractivity contribution in [3.63, 3.8) is 0 Å². The van der Waals surface area contributed by atoms with Gasteiger partial charge in [-0.2, -0.15) is 8.62 Å². The van der Waals surface area contributed by atoms with Gasteiger partial charge in [-0.25, -0.2) is 18.5 Å². The van der Waals surface area contributed by atoms with Gasteiger partial charge in [0.05, 0.1) is 0 Å². The Bertz CT molecular complexity index is 963. The predicted octanol–water partition coefficient (Wildman–Crippen LogP) is -0.177. The van der Waals surface area contributed by atoms with E-state index in [1.165, 1.54) is 13.1 Å². The van der Waals surface area contributed by atoms with Crippen molar-refractivity contribution >= 4 is 23.5 Å². The second-order valence-corrected chi connectivity index (χ2v) is 9.65.